The predicted molar refractivity (Wildman–Crippen MR) is 71.5 cm³/mol. The van der Waals surface area contributed by atoms with Gasteiger partial charge in [0.1, 0.15) is 5.52 Å². The number of rotatable bonds is 2. The highest BCUT2D eigenvalue weighted by Crippen LogP contribution is 2.20. The van der Waals surface area contributed by atoms with Crippen LogP contribution in [0.25, 0.3) is 11.1 Å². The van der Waals surface area contributed by atoms with Crippen LogP contribution in [0.4, 0.5) is 0 Å². The van der Waals surface area contributed by atoms with Gasteiger partial charge in [-0.2, -0.15) is 0 Å². The second-order valence-electron chi connectivity index (χ2n) is 4.91. The minimum absolute atomic E-state index is 0.815. The molecule has 3 rings (SSSR count). The molecule has 0 saturated carbocycles. The molecular formula is C14H19N3O. The topological polar surface area (TPSA) is 41.3 Å². The van der Waals surface area contributed by atoms with Crippen LogP contribution in [0.1, 0.15) is 17.9 Å². The van der Waals surface area contributed by atoms with E-state index >= 15 is 0 Å². The van der Waals surface area contributed by atoms with Crippen molar-refractivity contribution in [2.24, 2.45) is 0 Å². The summed E-state index contributed by atoms with van der Waals surface area (Å²) in [5, 5.41) is 3.41. The largest absolute Gasteiger partial charge is 0.439 e. The van der Waals surface area contributed by atoms with Gasteiger partial charge in [0, 0.05) is 13.1 Å². The first-order valence-corrected chi connectivity index (χ1v) is 6.61. The second-order valence-corrected chi connectivity index (χ2v) is 4.91. The number of nitrogens with one attached hydrogen (secondary N) is 1. The van der Waals surface area contributed by atoms with E-state index in [0.29, 0.717) is 0 Å². The van der Waals surface area contributed by atoms with E-state index < -0.39 is 0 Å². The third-order valence-electron chi connectivity index (χ3n) is 3.45. The van der Waals surface area contributed by atoms with Gasteiger partial charge in [-0.3, -0.25) is 4.90 Å². The minimum Gasteiger partial charge on any atom is -0.439 e. The van der Waals surface area contributed by atoms with E-state index in [1.165, 1.54) is 6.42 Å². The maximum absolute atomic E-state index is 5.87. The van der Waals surface area contributed by atoms with Crippen molar-refractivity contribution in [2.75, 3.05) is 26.2 Å². The highest BCUT2D eigenvalue weighted by molar-refractivity contribution is 5.75. The molecule has 1 saturated heterocycles. The van der Waals surface area contributed by atoms with E-state index in [-0.39, 0.29) is 0 Å². The molecule has 1 aromatic carbocycles. The average molecular weight is 245 g/mol. The van der Waals surface area contributed by atoms with Gasteiger partial charge in [0.2, 0.25) is 5.89 Å². The molecular weight excluding hydrogens is 226 g/mol. The van der Waals surface area contributed by atoms with E-state index in [0.717, 1.165) is 55.3 Å². The standard InChI is InChI=1S/C14H19N3O/c1-11-4-2-5-12-14(11)18-13(16-12)10-17-8-3-6-15-7-9-17/h2,4-5,15H,3,6-10H2,1H3. The molecule has 0 aliphatic carbocycles. The van der Waals surface area contributed by atoms with E-state index in [4.69, 9.17) is 4.42 Å². The molecule has 0 radical (unpaired) electrons. The Hall–Kier alpha value is -1.39. The van der Waals surface area contributed by atoms with Crippen molar-refractivity contribution in [1.82, 2.24) is 15.2 Å². The van der Waals surface area contributed by atoms with Gasteiger partial charge in [-0.05, 0) is 38.1 Å². The zero-order chi connectivity index (χ0) is 12.4. The second kappa shape index (κ2) is 5.08. The number of nitrogens with zero attached hydrogens (tertiary/aromatic N) is 2. The van der Waals surface area contributed by atoms with Crippen LogP contribution >= 0.6 is 0 Å². The zero-order valence-corrected chi connectivity index (χ0v) is 10.8. The van der Waals surface area contributed by atoms with Crippen LogP contribution in [0.3, 0.4) is 0 Å². The number of aromatic nitrogens is 1. The van der Waals surface area contributed by atoms with Gasteiger partial charge < -0.3 is 9.73 Å². The molecule has 1 fully saturated rings. The van der Waals surface area contributed by atoms with E-state index in [9.17, 15) is 0 Å². The van der Waals surface area contributed by atoms with Crippen molar-refractivity contribution >= 4 is 11.1 Å². The molecule has 4 nitrogen and oxygen atoms in total. The summed E-state index contributed by atoms with van der Waals surface area (Å²) in [6.07, 6.45) is 1.19. The Morgan fingerprint density at radius 2 is 2.28 bits per heavy atom. The lowest BCUT2D eigenvalue weighted by atomic mass is 10.2. The molecule has 0 spiro atoms. The molecule has 0 bridgehead atoms. The van der Waals surface area contributed by atoms with Crippen LogP contribution in [0, 0.1) is 6.92 Å². The molecule has 18 heavy (non-hydrogen) atoms. The Morgan fingerprint density at radius 1 is 1.33 bits per heavy atom. The molecule has 0 unspecified atom stereocenters. The van der Waals surface area contributed by atoms with Crippen LogP contribution < -0.4 is 5.32 Å². The van der Waals surface area contributed by atoms with E-state index in [1.54, 1.807) is 0 Å². The Balaban J connectivity index is 1.79. The van der Waals surface area contributed by atoms with Gasteiger partial charge in [0.15, 0.2) is 5.58 Å². The summed E-state index contributed by atoms with van der Waals surface area (Å²) in [5.41, 5.74) is 3.06. The first-order valence-electron chi connectivity index (χ1n) is 6.61. The summed E-state index contributed by atoms with van der Waals surface area (Å²) >= 11 is 0. The van der Waals surface area contributed by atoms with E-state index in [1.807, 2.05) is 12.1 Å². The number of hydrogen-bond acceptors (Lipinski definition) is 4. The van der Waals surface area contributed by atoms with Crippen molar-refractivity contribution in [3.8, 4) is 0 Å². The van der Waals surface area contributed by atoms with Crippen LogP contribution in [0.2, 0.25) is 0 Å². The summed E-state index contributed by atoms with van der Waals surface area (Å²) in [6, 6.07) is 6.10. The molecule has 1 aliphatic rings. The van der Waals surface area contributed by atoms with Gasteiger partial charge in [-0.15, -0.1) is 0 Å². The molecule has 96 valence electrons. The SMILES string of the molecule is Cc1cccc2nc(CN3CCCNCC3)oc12. The number of hydrogen-bond donors (Lipinski definition) is 1. The smallest absolute Gasteiger partial charge is 0.209 e. The van der Waals surface area contributed by atoms with Crippen molar-refractivity contribution in [3.63, 3.8) is 0 Å². The summed E-state index contributed by atoms with van der Waals surface area (Å²) in [7, 11) is 0. The number of aryl methyl sites for hydroxylation is 1. The predicted octanol–water partition coefficient (Wildman–Crippen LogP) is 1.93. The number of para-hydroxylation sites is 1. The van der Waals surface area contributed by atoms with Gasteiger partial charge in [-0.25, -0.2) is 4.98 Å². The van der Waals surface area contributed by atoms with E-state index in [2.05, 4.69) is 28.2 Å². The van der Waals surface area contributed by atoms with Crippen LogP contribution in [-0.4, -0.2) is 36.1 Å². The van der Waals surface area contributed by atoms with Crippen molar-refractivity contribution < 1.29 is 4.42 Å². The lowest BCUT2D eigenvalue weighted by Gasteiger charge is -2.16. The summed E-state index contributed by atoms with van der Waals surface area (Å²) in [5.74, 6) is 0.834. The van der Waals surface area contributed by atoms with Gasteiger partial charge in [0.05, 0.1) is 6.54 Å². The first kappa shape index (κ1) is 11.7. The third kappa shape index (κ3) is 2.40. The number of oxazole rings is 1. The highest BCUT2D eigenvalue weighted by atomic mass is 16.3. The maximum atomic E-state index is 5.87. The molecule has 0 atom stereocenters. The van der Waals surface area contributed by atoms with Crippen LogP contribution in [0.15, 0.2) is 22.6 Å². The van der Waals surface area contributed by atoms with Gasteiger partial charge in [0.25, 0.3) is 0 Å². The molecule has 2 heterocycles. The fourth-order valence-electron chi connectivity index (χ4n) is 2.45. The summed E-state index contributed by atoms with van der Waals surface area (Å²) in [6.45, 7) is 7.23. The zero-order valence-electron chi connectivity index (χ0n) is 10.8. The molecule has 4 heteroatoms. The molecule has 1 aromatic heterocycles. The molecule has 0 amide bonds. The van der Waals surface area contributed by atoms with Crippen molar-refractivity contribution in [1.29, 1.82) is 0 Å². The molecule has 1 N–H and O–H groups in total. The van der Waals surface area contributed by atoms with Gasteiger partial charge >= 0.3 is 0 Å². The Morgan fingerprint density at radius 3 is 3.17 bits per heavy atom. The lowest BCUT2D eigenvalue weighted by molar-refractivity contribution is 0.257. The quantitative estimate of drug-likeness (QED) is 0.878. The normalized spacial score (nSPS) is 18.1. The fraction of sp³-hybridized carbons (Fsp3) is 0.500. The monoisotopic (exact) mass is 245 g/mol. The Labute approximate surface area is 107 Å². The number of benzene rings is 1. The fourth-order valence-corrected chi connectivity index (χ4v) is 2.45. The third-order valence-corrected chi connectivity index (χ3v) is 3.45. The van der Waals surface area contributed by atoms with Crippen molar-refractivity contribution in [3.05, 3.63) is 29.7 Å². The summed E-state index contributed by atoms with van der Waals surface area (Å²) < 4.78 is 5.87. The average Bonchev–Trinajstić information content (AvgIpc) is 2.60. The first-order chi connectivity index (χ1) is 8.83. The van der Waals surface area contributed by atoms with Crippen molar-refractivity contribution in [2.45, 2.75) is 19.9 Å². The van der Waals surface area contributed by atoms with Gasteiger partial charge in [-0.1, -0.05) is 12.1 Å². The van der Waals surface area contributed by atoms with Crippen LogP contribution in [-0.2, 0) is 6.54 Å². The molecule has 2 aromatic rings. The molecule has 1 aliphatic heterocycles. The maximum Gasteiger partial charge on any atom is 0.209 e. The number of fused-ring (bicyclic) bond motifs is 1. The highest BCUT2D eigenvalue weighted by Gasteiger charge is 2.13. The summed E-state index contributed by atoms with van der Waals surface area (Å²) in [4.78, 5) is 6.97. The lowest BCUT2D eigenvalue weighted by Crippen LogP contribution is -2.27. The Bertz CT molecular complexity index is 527. The van der Waals surface area contributed by atoms with Crippen LogP contribution in [0.5, 0.6) is 0 Å². The Kier molecular flexibility index (Phi) is 3.30. The minimum atomic E-state index is 0.815.